The van der Waals surface area contributed by atoms with Gasteiger partial charge in [0.25, 0.3) is 11.8 Å². The van der Waals surface area contributed by atoms with Crippen molar-refractivity contribution < 1.29 is 14.0 Å². The SMILES string of the molecule is O=C1c2ccccc2C(=O)N1CCCc1nc2c3c(-c4ccccc4)c(-c4ccccc4)oc3ncn2n1. The molecule has 0 unspecified atom stereocenters. The van der Waals surface area contributed by atoms with E-state index in [1.807, 2.05) is 60.7 Å². The van der Waals surface area contributed by atoms with E-state index in [1.165, 1.54) is 4.90 Å². The Hall–Kier alpha value is -5.11. The second-order valence-electron chi connectivity index (χ2n) is 9.17. The van der Waals surface area contributed by atoms with Crippen molar-refractivity contribution in [3.8, 4) is 22.5 Å². The molecule has 0 spiro atoms. The van der Waals surface area contributed by atoms with Gasteiger partial charge in [0.1, 0.15) is 12.1 Å². The van der Waals surface area contributed by atoms with E-state index < -0.39 is 0 Å². The zero-order valence-electron chi connectivity index (χ0n) is 20.2. The molecular weight excluding hydrogens is 478 g/mol. The number of benzene rings is 3. The maximum Gasteiger partial charge on any atom is 0.261 e. The summed E-state index contributed by atoms with van der Waals surface area (Å²) in [7, 11) is 0. The van der Waals surface area contributed by atoms with Crippen LogP contribution in [-0.2, 0) is 6.42 Å². The Labute approximate surface area is 217 Å². The summed E-state index contributed by atoms with van der Waals surface area (Å²) < 4.78 is 7.95. The van der Waals surface area contributed by atoms with E-state index in [2.05, 4.69) is 10.1 Å². The molecule has 8 heteroatoms. The maximum absolute atomic E-state index is 12.7. The molecule has 0 radical (unpaired) electrons. The van der Waals surface area contributed by atoms with Crippen molar-refractivity contribution >= 4 is 28.6 Å². The molecule has 184 valence electrons. The Morgan fingerprint density at radius 2 is 1.39 bits per heavy atom. The van der Waals surface area contributed by atoms with Crippen molar-refractivity contribution in [3.63, 3.8) is 0 Å². The summed E-state index contributed by atoms with van der Waals surface area (Å²) in [5.41, 5.74) is 4.91. The zero-order chi connectivity index (χ0) is 25.6. The Kier molecular flexibility index (Phi) is 5.11. The third-order valence-corrected chi connectivity index (χ3v) is 6.83. The van der Waals surface area contributed by atoms with Crippen molar-refractivity contribution in [2.45, 2.75) is 12.8 Å². The van der Waals surface area contributed by atoms with Gasteiger partial charge in [-0.25, -0.2) is 14.5 Å². The largest absolute Gasteiger partial charge is 0.437 e. The van der Waals surface area contributed by atoms with Crippen LogP contribution >= 0.6 is 0 Å². The van der Waals surface area contributed by atoms with Crippen LogP contribution in [-0.4, -0.2) is 42.8 Å². The fourth-order valence-corrected chi connectivity index (χ4v) is 5.06. The molecule has 0 fully saturated rings. The Morgan fingerprint density at radius 3 is 2.08 bits per heavy atom. The van der Waals surface area contributed by atoms with Gasteiger partial charge in [-0.3, -0.25) is 14.5 Å². The van der Waals surface area contributed by atoms with E-state index in [9.17, 15) is 9.59 Å². The molecule has 0 saturated carbocycles. The van der Waals surface area contributed by atoms with E-state index in [0.29, 0.717) is 47.7 Å². The second kappa shape index (κ2) is 8.77. The average Bonchev–Trinajstić information content (AvgIpc) is 3.63. The van der Waals surface area contributed by atoms with Gasteiger partial charge >= 0.3 is 0 Å². The van der Waals surface area contributed by atoms with Gasteiger partial charge in [-0.2, -0.15) is 0 Å². The van der Waals surface area contributed by atoms with Crippen LogP contribution in [0.4, 0.5) is 0 Å². The predicted molar refractivity (Wildman–Crippen MR) is 142 cm³/mol. The first-order chi connectivity index (χ1) is 18.7. The first kappa shape index (κ1) is 22.1. The lowest BCUT2D eigenvalue weighted by molar-refractivity contribution is 0.0652. The fourth-order valence-electron chi connectivity index (χ4n) is 5.06. The predicted octanol–water partition coefficient (Wildman–Crippen LogP) is 5.43. The van der Waals surface area contributed by atoms with E-state index >= 15 is 0 Å². The van der Waals surface area contributed by atoms with Crippen LogP contribution in [0.15, 0.2) is 95.7 Å². The van der Waals surface area contributed by atoms with Gasteiger partial charge in [0, 0.05) is 24.1 Å². The second-order valence-corrected chi connectivity index (χ2v) is 9.17. The van der Waals surface area contributed by atoms with Gasteiger partial charge in [-0.05, 0) is 24.1 Å². The monoisotopic (exact) mass is 499 g/mol. The van der Waals surface area contributed by atoms with E-state index in [-0.39, 0.29) is 11.8 Å². The van der Waals surface area contributed by atoms with Gasteiger partial charge in [-0.1, -0.05) is 72.8 Å². The molecular formula is C30H21N5O3. The highest BCUT2D eigenvalue weighted by molar-refractivity contribution is 6.21. The molecule has 4 heterocycles. The van der Waals surface area contributed by atoms with E-state index in [0.717, 1.165) is 27.8 Å². The number of nitrogens with zero attached hydrogens (tertiary/aromatic N) is 5. The van der Waals surface area contributed by atoms with Crippen LogP contribution < -0.4 is 0 Å². The molecule has 2 amide bonds. The van der Waals surface area contributed by atoms with Gasteiger partial charge in [0.05, 0.1) is 16.5 Å². The van der Waals surface area contributed by atoms with Crippen molar-refractivity contribution in [2.75, 3.05) is 6.54 Å². The maximum atomic E-state index is 12.7. The number of rotatable bonds is 6. The number of amides is 2. The molecule has 8 nitrogen and oxygen atoms in total. The molecule has 7 rings (SSSR count). The number of aryl methyl sites for hydroxylation is 1. The molecule has 0 atom stereocenters. The summed E-state index contributed by atoms with van der Waals surface area (Å²) in [5, 5.41) is 5.42. The van der Waals surface area contributed by atoms with E-state index in [4.69, 9.17) is 9.40 Å². The molecule has 3 aromatic carbocycles. The summed E-state index contributed by atoms with van der Waals surface area (Å²) in [5.74, 6) is 0.831. The van der Waals surface area contributed by atoms with Gasteiger partial charge in [0.2, 0.25) is 5.71 Å². The summed E-state index contributed by atoms with van der Waals surface area (Å²) in [6.45, 7) is 0.300. The van der Waals surface area contributed by atoms with Gasteiger partial charge < -0.3 is 4.42 Å². The van der Waals surface area contributed by atoms with Gasteiger partial charge in [-0.15, -0.1) is 5.10 Å². The molecule has 0 N–H and O–H groups in total. The number of hydrogen-bond donors (Lipinski definition) is 0. The molecule has 0 aliphatic carbocycles. The zero-order valence-corrected chi connectivity index (χ0v) is 20.2. The Balaban J connectivity index is 1.24. The molecule has 1 aliphatic rings. The minimum atomic E-state index is -0.251. The highest BCUT2D eigenvalue weighted by Crippen LogP contribution is 2.41. The highest BCUT2D eigenvalue weighted by Gasteiger charge is 2.34. The number of aromatic nitrogens is 4. The average molecular weight is 500 g/mol. The number of carbonyl (C=O) groups is 2. The number of imide groups is 1. The summed E-state index contributed by atoms with van der Waals surface area (Å²) in [6.07, 6.45) is 2.65. The quantitative estimate of drug-likeness (QED) is 0.284. The number of furan rings is 1. The van der Waals surface area contributed by atoms with Crippen LogP contribution in [0.25, 0.3) is 39.2 Å². The van der Waals surface area contributed by atoms with Crippen molar-refractivity contribution in [3.05, 3.63) is 108 Å². The Morgan fingerprint density at radius 1 is 0.763 bits per heavy atom. The topological polar surface area (TPSA) is 93.6 Å². The van der Waals surface area contributed by atoms with Crippen LogP contribution in [0, 0.1) is 0 Å². The lowest BCUT2D eigenvalue weighted by Gasteiger charge is -2.12. The summed E-state index contributed by atoms with van der Waals surface area (Å²) in [4.78, 5) is 36.0. The van der Waals surface area contributed by atoms with Crippen LogP contribution in [0.3, 0.4) is 0 Å². The first-order valence-electron chi connectivity index (χ1n) is 12.4. The molecule has 38 heavy (non-hydrogen) atoms. The summed E-state index contributed by atoms with van der Waals surface area (Å²) in [6, 6.07) is 26.9. The smallest absolute Gasteiger partial charge is 0.261 e. The van der Waals surface area contributed by atoms with Crippen molar-refractivity contribution in [2.24, 2.45) is 0 Å². The first-order valence-corrected chi connectivity index (χ1v) is 12.4. The standard InChI is InChI=1S/C30H21N5O3/c36-29-21-14-7-8-15-22(21)30(37)34(29)17-9-16-23-32-27-25-24(19-10-3-1-4-11-19)26(20-12-5-2-6-13-20)38-28(25)31-18-35(27)33-23/h1-8,10-15,18H,9,16-17H2. The molecule has 0 bridgehead atoms. The minimum Gasteiger partial charge on any atom is -0.437 e. The van der Waals surface area contributed by atoms with Crippen LogP contribution in [0.1, 0.15) is 33.0 Å². The molecule has 1 aliphatic heterocycles. The number of hydrogen-bond acceptors (Lipinski definition) is 6. The highest BCUT2D eigenvalue weighted by atomic mass is 16.3. The minimum absolute atomic E-state index is 0.251. The third-order valence-electron chi connectivity index (χ3n) is 6.83. The van der Waals surface area contributed by atoms with Crippen molar-refractivity contribution in [1.82, 2.24) is 24.5 Å². The lowest BCUT2D eigenvalue weighted by Crippen LogP contribution is -2.31. The van der Waals surface area contributed by atoms with Gasteiger partial charge in [0.15, 0.2) is 11.5 Å². The Bertz CT molecular complexity index is 1810. The van der Waals surface area contributed by atoms with E-state index in [1.54, 1.807) is 35.1 Å². The lowest BCUT2D eigenvalue weighted by atomic mass is 9.99. The molecule has 0 saturated heterocycles. The molecule has 3 aromatic heterocycles. The van der Waals surface area contributed by atoms with Crippen LogP contribution in [0.2, 0.25) is 0 Å². The van der Waals surface area contributed by atoms with Crippen molar-refractivity contribution in [1.29, 1.82) is 0 Å². The number of fused-ring (bicyclic) bond motifs is 4. The summed E-state index contributed by atoms with van der Waals surface area (Å²) >= 11 is 0. The van der Waals surface area contributed by atoms with Crippen LogP contribution in [0.5, 0.6) is 0 Å². The fraction of sp³-hybridized carbons (Fsp3) is 0.100. The molecule has 6 aromatic rings. The normalized spacial score (nSPS) is 13.1. The third kappa shape index (κ3) is 3.49. The number of carbonyl (C=O) groups excluding carboxylic acids is 2.